The number of aromatic nitrogens is 6. The van der Waals surface area contributed by atoms with Crippen LogP contribution in [0.4, 0.5) is 5.95 Å². The molecule has 1 N–H and O–H groups in total. The van der Waals surface area contributed by atoms with E-state index in [4.69, 9.17) is 0 Å². The van der Waals surface area contributed by atoms with E-state index >= 15 is 0 Å². The predicted molar refractivity (Wildman–Crippen MR) is 81.4 cm³/mol. The van der Waals surface area contributed by atoms with Crippen molar-refractivity contribution in [3.8, 4) is 11.1 Å². The van der Waals surface area contributed by atoms with Crippen molar-refractivity contribution in [1.29, 1.82) is 0 Å². The van der Waals surface area contributed by atoms with Crippen molar-refractivity contribution in [3.63, 3.8) is 0 Å². The van der Waals surface area contributed by atoms with Gasteiger partial charge in [0, 0.05) is 43.9 Å². The van der Waals surface area contributed by atoms with Gasteiger partial charge in [0.25, 0.3) is 0 Å². The molecule has 0 atom stereocenters. The Hall–Kier alpha value is -2.96. The van der Waals surface area contributed by atoms with Gasteiger partial charge in [0.1, 0.15) is 0 Å². The molecule has 0 fully saturated rings. The first-order valence-electron chi connectivity index (χ1n) is 6.58. The molecule has 0 aliphatic rings. The topological polar surface area (TPSA) is 72.4 Å². The van der Waals surface area contributed by atoms with Crippen LogP contribution in [0.5, 0.6) is 0 Å². The zero-order valence-corrected chi connectivity index (χ0v) is 11.6. The summed E-state index contributed by atoms with van der Waals surface area (Å²) in [4.78, 5) is 12.9. The van der Waals surface area contributed by atoms with Crippen LogP contribution in [0.1, 0.15) is 7.12 Å². The van der Waals surface area contributed by atoms with E-state index in [0.29, 0.717) is 11.7 Å². The van der Waals surface area contributed by atoms with Crippen molar-refractivity contribution in [2.24, 2.45) is 0 Å². The van der Waals surface area contributed by atoms with Gasteiger partial charge in [-0.15, -0.1) is 5.10 Å². The lowest BCUT2D eigenvalue weighted by molar-refractivity contribution is 0.909. The fourth-order valence-corrected chi connectivity index (χ4v) is 2.39. The molecule has 106 valence electrons. The van der Waals surface area contributed by atoms with Gasteiger partial charge in [0.2, 0.25) is 11.7 Å². The summed E-state index contributed by atoms with van der Waals surface area (Å²) in [5, 5.41) is 7.29. The van der Waals surface area contributed by atoms with Crippen LogP contribution in [0.2, 0.25) is 0 Å². The van der Waals surface area contributed by atoms with Crippen molar-refractivity contribution in [2.45, 2.75) is 6.92 Å². The van der Waals surface area contributed by atoms with Crippen molar-refractivity contribution in [1.82, 2.24) is 29.0 Å². The molecule has 7 heteroatoms. The highest BCUT2D eigenvalue weighted by Crippen LogP contribution is 2.25. The molecule has 7 nitrogen and oxygen atoms in total. The smallest absolute Gasteiger partial charge is 0.240 e. The predicted octanol–water partition coefficient (Wildman–Crippen LogP) is 2.04. The molecule has 0 radical (unpaired) electrons. The third kappa shape index (κ3) is 1.74. The molecule has 4 aromatic rings. The number of hydrogen-bond acceptors (Lipinski definition) is 5. The van der Waals surface area contributed by atoms with Crippen molar-refractivity contribution in [3.05, 3.63) is 42.7 Å². The fraction of sp³-hybridized carbons (Fsp3) is 0.143. The van der Waals surface area contributed by atoms with Crippen LogP contribution in [0.3, 0.4) is 0 Å². The zero-order valence-electron chi connectivity index (χ0n) is 11.6. The number of nitrogens with zero attached hydrogens (tertiary/aromatic N) is 6. The molecule has 4 rings (SSSR count). The van der Waals surface area contributed by atoms with Crippen LogP contribution in [-0.2, 0) is 0 Å². The second-order valence-electron chi connectivity index (χ2n) is 4.80. The number of hydrogen-bond donors (Lipinski definition) is 1. The summed E-state index contributed by atoms with van der Waals surface area (Å²) < 4.78 is 3.78. The van der Waals surface area contributed by atoms with Crippen LogP contribution in [-0.4, -0.2) is 36.0 Å². The van der Waals surface area contributed by atoms with E-state index in [2.05, 4.69) is 25.4 Å². The first kappa shape index (κ1) is 11.8. The van der Waals surface area contributed by atoms with Crippen molar-refractivity contribution >= 4 is 17.2 Å². The van der Waals surface area contributed by atoms with Crippen LogP contribution in [0.15, 0.2) is 37.1 Å². The lowest BCUT2D eigenvalue weighted by Crippen LogP contribution is -2.00. The Kier molecular flexibility index (Phi) is 2.41. The zero-order chi connectivity index (χ0) is 14.4. The molecule has 0 saturated heterocycles. The molecular weight excluding hydrogens is 266 g/mol. The molecule has 4 aromatic heterocycles. The standard InChI is InChI=1S/C14H13N7.H2/c1-9-5-17-14-18-6-10(8-20(9)14)11-3-4-21-12(11)7-16-13(15-2)19-21;/h3-8H,1-2H3,(H,15,19);1H. The average Bonchev–Trinajstić information content (AvgIpc) is 3.10. The molecule has 0 amide bonds. The molecule has 0 saturated carbocycles. The SMILES string of the molecule is CNc1ncc2c(-c3cnc4ncc(C)n4c3)ccn2n1.[HH]. The number of fused-ring (bicyclic) bond motifs is 2. The Morgan fingerprint density at radius 1 is 1.14 bits per heavy atom. The maximum absolute atomic E-state index is 4.39. The van der Waals surface area contributed by atoms with Gasteiger partial charge in [-0.1, -0.05) is 0 Å². The number of nitrogens with one attached hydrogen (secondary N) is 1. The maximum Gasteiger partial charge on any atom is 0.240 e. The minimum atomic E-state index is 0. The van der Waals surface area contributed by atoms with Gasteiger partial charge < -0.3 is 5.32 Å². The molecular formula is C14H15N7. The average molecular weight is 281 g/mol. The highest BCUT2D eigenvalue weighted by molar-refractivity contribution is 5.79. The molecule has 0 aromatic carbocycles. The van der Waals surface area contributed by atoms with E-state index in [1.807, 2.05) is 42.2 Å². The van der Waals surface area contributed by atoms with E-state index in [1.54, 1.807) is 17.8 Å². The van der Waals surface area contributed by atoms with E-state index in [1.165, 1.54) is 0 Å². The minimum Gasteiger partial charge on any atom is -0.356 e. The second kappa shape index (κ2) is 4.27. The van der Waals surface area contributed by atoms with Gasteiger partial charge in [0.15, 0.2) is 0 Å². The first-order valence-corrected chi connectivity index (χ1v) is 6.58. The number of aryl methyl sites for hydroxylation is 1. The van der Waals surface area contributed by atoms with E-state index < -0.39 is 0 Å². The van der Waals surface area contributed by atoms with Crippen molar-refractivity contribution < 1.29 is 1.43 Å². The van der Waals surface area contributed by atoms with Gasteiger partial charge in [-0.2, -0.15) is 0 Å². The van der Waals surface area contributed by atoms with Crippen LogP contribution in [0, 0.1) is 6.92 Å². The van der Waals surface area contributed by atoms with Crippen LogP contribution >= 0.6 is 0 Å². The van der Waals surface area contributed by atoms with Gasteiger partial charge in [-0.05, 0) is 13.0 Å². The van der Waals surface area contributed by atoms with E-state index in [-0.39, 0.29) is 1.43 Å². The van der Waals surface area contributed by atoms with Gasteiger partial charge in [-0.25, -0.2) is 19.5 Å². The Balaban J connectivity index is 0.00000144. The Morgan fingerprint density at radius 3 is 2.86 bits per heavy atom. The van der Waals surface area contributed by atoms with Crippen molar-refractivity contribution in [2.75, 3.05) is 12.4 Å². The highest BCUT2D eigenvalue weighted by atomic mass is 15.3. The summed E-state index contributed by atoms with van der Waals surface area (Å²) in [5.74, 6) is 1.29. The largest absolute Gasteiger partial charge is 0.356 e. The van der Waals surface area contributed by atoms with E-state index in [0.717, 1.165) is 22.3 Å². The van der Waals surface area contributed by atoms with Crippen LogP contribution in [0.25, 0.3) is 22.4 Å². The Bertz CT molecular complexity index is 956. The van der Waals surface area contributed by atoms with Gasteiger partial charge in [-0.3, -0.25) is 4.40 Å². The number of imidazole rings is 1. The summed E-state index contributed by atoms with van der Waals surface area (Å²) in [6.07, 6.45) is 9.39. The quantitative estimate of drug-likeness (QED) is 0.608. The van der Waals surface area contributed by atoms with Gasteiger partial charge >= 0.3 is 0 Å². The third-order valence-electron chi connectivity index (χ3n) is 3.50. The molecule has 0 aliphatic carbocycles. The summed E-state index contributed by atoms with van der Waals surface area (Å²) in [7, 11) is 1.80. The summed E-state index contributed by atoms with van der Waals surface area (Å²) in [6.45, 7) is 2.01. The summed E-state index contributed by atoms with van der Waals surface area (Å²) in [5.41, 5.74) is 4.04. The number of anilines is 1. The lowest BCUT2D eigenvalue weighted by Gasteiger charge is -2.03. The minimum absolute atomic E-state index is 0. The maximum atomic E-state index is 4.39. The third-order valence-corrected chi connectivity index (χ3v) is 3.50. The fourth-order valence-electron chi connectivity index (χ4n) is 2.39. The van der Waals surface area contributed by atoms with Gasteiger partial charge in [0.05, 0.1) is 17.9 Å². The van der Waals surface area contributed by atoms with E-state index in [9.17, 15) is 0 Å². The number of rotatable bonds is 2. The lowest BCUT2D eigenvalue weighted by atomic mass is 10.1. The van der Waals surface area contributed by atoms with Crippen LogP contribution < -0.4 is 5.32 Å². The Morgan fingerprint density at radius 2 is 2.00 bits per heavy atom. The molecule has 21 heavy (non-hydrogen) atoms. The second-order valence-corrected chi connectivity index (χ2v) is 4.80. The summed E-state index contributed by atoms with van der Waals surface area (Å²) in [6, 6.07) is 2.01. The highest BCUT2D eigenvalue weighted by Gasteiger charge is 2.09. The monoisotopic (exact) mass is 281 g/mol. The molecule has 0 bridgehead atoms. The first-order chi connectivity index (χ1) is 10.3. The molecule has 0 aliphatic heterocycles. The normalized spacial score (nSPS) is 11.3. The molecule has 0 spiro atoms. The molecule has 0 unspecified atom stereocenters. The molecule has 4 heterocycles. The summed E-state index contributed by atoms with van der Waals surface area (Å²) >= 11 is 0. The Labute approximate surface area is 121 Å².